The van der Waals surface area contributed by atoms with Crippen molar-refractivity contribution in [1.82, 2.24) is 15.5 Å². The number of ether oxygens (including phenoxy) is 1. The van der Waals surface area contributed by atoms with E-state index >= 15 is 0 Å². The number of rotatable bonds is 7. The molecule has 1 saturated heterocycles. The molecule has 1 fully saturated rings. The first-order chi connectivity index (χ1) is 9.36. The van der Waals surface area contributed by atoms with E-state index in [1.54, 1.807) is 0 Å². The van der Waals surface area contributed by atoms with Gasteiger partial charge in [-0.25, -0.2) is 0 Å². The van der Waals surface area contributed by atoms with E-state index in [1.165, 1.54) is 6.42 Å². The smallest absolute Gasteiger partial charge is 0.192 e. The average Bonchev–Trinajstić information content (AvgIpc) is 2.45. The summed E-state index contributed by atoms with van der Waals surface area (Å²) in [5, 5.41) is 6.26. The van der Waals surface area contributed by atoms with E-state index in [0.717, 1.165) is 58.3 Å². The highest BCUT2D eigenvalue weighted by Crippen LogP contribution is 2.00. The van der Waals surface area contributed by atoms with E-state index in [2.05, 4.69) is 26.4 Å². The first kappa shape index (κ1) is 19.5. The highest BCUT2D eigenvalue weighted by Gasteiger charge is 2.08. The Balaban J connectivity index is 0.00000361. The Labute approximate surface area is 139 Å². The summed E-state index contributed by atoms with van der Waals surface area (Å²) < 4.78 is 5.33. The van der Waals surface area contributed by atoms with Gasteiger partial charge in [-0.2, -0.15) is 0 Å². The Kier molecular flexibility index (Phi) is 13.1. The lowest BCUT2D eigenvalue weighted by Crippen LogP contribution is -2.37. The molecule has 0 spiro atoms. The molecule has 0 aliphatic carbocycles. The summed E-state index contributed by atoms with van der Waals surface area (Å²) in [6.45, 7) is 9.27. The first-order valence-corrected chi connectivity index (χ1v) is 7.12. The minimum absolute atomic E-state index is 0. The average molecular weight is 394 g/mol. The molecule has 0 aromatic heterocycles. The molecule has 6 heteroatoms. The Hall–Kier alpha value is -0.520. The van der Waals surface area contributed by atoms with E-state index in [1.807, 2.05) is 6.92 Å². The van der Waals surface area contributed by atoms with Gasteiger partial charge < -0.3 is 15.4 Å². The second-order valence-corrected chi connectivity index (χ2v) is 4.48. The summed E-state index contributed by atoms with van der Waals surface area (Å²) in [4.78, 5) is 6.94. The molecule has 0 radical (unpaired) electrons. The van der Waals surface area contributed by atoms with E-state index in [9.17, 15) is 0 Å². The Morgan fingerprint density at radius 3 is 2.70 bits per heavy atom. The van der Waals surface area contributed by atoms with Crippen molar-refractivity contribution in [2.45, 2.75) is 19.8 Å². The molecule has 0 unspecified atom stereocenters. The van der Waals surface area contributed by atoms with Gasteiger partial charge in [0.2, 0.25) is 0 Å². The summed E-state index contributed by atoms with van der Waals surface area (Å²) in [7, 11) is 0. The molecular weight excluding hydrogens is 367 g/mol. The van der Waals surface area contributed by atoms with Crippen LogP contribution in [0.1, 0.15) is 19.8 Å². The molecule has 0 saturated carbocycles. The van der Waals surface area contributed by atoms with Gasteiger partial charge >= 0.3 is 0 Å². The molecule has 1 aliphatic heterocycles. The van der Waals surface area contributed by atoms with Crippen LogP contribution in [0.5, 0.6) is 0 Å². The number of hydrogen-bond acceptors (Lipinski definition) is 3. The molecule has 5 nitrogen and oxygen atoms in total. The molecule has 20 heavy (non-hydrogen) atoms. The second-order valence-electron chi connectivity index (χ2n) is 4.48. The molecule has 1 aliphatic rings. The van der Waals surface area contributed by atoms with E-state index in [0.29, 0.717) is 6.54 Å². The summed E-state index contributed by atoms with van der Waals surface area (Å²) in [5.41, 5.74) is 0. The third-order valence-corrected chi connectivity index (χ3v) is 2.96. The number of nitrogens with one attached hydrogen (secondary N) is 2. The quantitative estimate of drug-likeness (QED) is 0.222. The number of guanidine groups is 1. The zero-order valence-corrected chi connectivity index (χ0v) is 14.7. The number of morpholine rings is 1. The first-order valence-electron chi connectivity index (χ1n) is 7.12. The lowest BCUT2D eigenvalue weighted by atomic mass is 10.3. The molecule has 0 aromatic carbocycles. The second kappa shape index (κ2) is 13.5. The van der Waals surface area contributed by atoms with Crippen molar-refractivity contribution in [3.05, 3.63) is 0 Å². The lowest BCUT2D eigenvalue weighted by Gasteiger charge is -2.26. The van der Waals surface area contributed by atoms with Gasteiger partial charge in [-0.3, -0.25) is 9.89 Å². The number of aliphatic imine (C=N–C) groups is 1. The minimum atomic E-state index is 0. The summed E-state index contributed by atoms with van der Waals surface area (Å²) in [6.07, 6.45) is 7.50. The van der Waals surface area contributed by atoms with Gasteiger partial charge in [0, 0.05) is 26.2 Å². The van der Waals surface area contributed by atoms with Crippen LogP contribution in [0.2, 0.25) is 0 Å². The summed E-state index contributed by atoms with van der Waals surface area (Å²) in [5.74, 6) is 3.36. The van der Waals surface area contributed by atoms with Gasteiger partial charge in [-0.05, 0) is 26.3 Å². The number of unbranched alkanes of at least 4 members (excludes halogenated alkanes) is 1. The molecule has 1 rings (SSSR count). The molecule has 0 bridgehead atoms. The molecule has 0 amide bonds. The zero-order chi connectivity index (χ0) is 13.8. The Morgan fingerprint density at radius 2 is 2.05 bits per heavy atom. The van der Waals surface area contributed by atoms with Gasteiger partial charge in [0.05, 0.1) is 19.8 Å². The highest BCUT2D eigenvalue weighted by molar-refractivity contribution is 14.0. The van der Waals surface area contributed by atoms with Gasteiger partial charge in [0.25, 0.3) is 0 Å². The molecule has 0 aromatic rings. The lowest BCUT2D eigenvalue weighted by molar-refractivity contribution is 0.0373. The molecule has 1 heterocycles. The van der Waals surface area contributed by atoms with Crippen LogP contribution in [0.3, 0.4) is 0 Å². The number of halogens is 1. The topological polar surface area (TPSA) is 48.9 Å². The van der Waals surface area contributed by atoms with Crippen LogP contribution in [0, 0.1) is 12.3 Å². The maximum absolute atomic E-state index is 5.33. The van der Waals surface area contributed by atoms with Crippen LogP contribution < -0.4 is 10.6 Å². The maximum atomic E-state index is 5.33. The number of terminal acetylenes is 1. The van der Waals surface area contributed by atoms with Gasteiger partial charge in [-0.15, -0.1) is 30.4 Å². The van der Waals surface area contributed by atoms with E-state index in [-0.39, 0.29) is 24.0 Å². The fourth-order valence-electron chi connectivity index (χ4n) is 1.94. The summed E-state index contributed by atoms with van der Waals surface area (Å²) in [6, 6.07) is 0. The van der Waals surface area contributed by atoms with Crippen molar-refractivity contribution in [3.8, 4) is 12.3 Å². The van der Waals surface area contributed by atoms with Gasteiger partial charge in [0.1, 0.15) is 0 Å². The number of hydrogen-bond donors (Lipinski definition) is 2. The molecular formula is C14H27IN4O. The standard InChI is InChI=1S/C14H26N4O.HI/c1-3-7-16-14(15-4-2)17-8-5-6-9-18-10-12-19-13-11-18;/h1H,4-13H2,2H3,(H2,15,16,17);1H. The van der Waals surface area contributed by atoms with Crippen molar-refractivity contribution in [1.29, 1.82) is 0 Å². The van der Waals surface area contributed by atoms with Crippen molar-refractivity contribution in [2.24, 2.45) is 4.99 Å². The third kappa shape index (κ3) is 9.39. The van der Waals surface area contributed by atoms with E-state index in [4.69, 9.17) is 11.2 Å². The highest BCUT2D eigenvalue weighted by atomic mass is 127. The fraction of sp³-hybridized carbons (Fsp3) is 0.786. The van der Waals surface area contributed by atoms with Gasteiger partial charge in [0.15, 0.2) is 5.96 Å². The number of nitrogens with zero attached hydrogens (tertiary/aromatic N) is 2. The van der Waals surface area contributed by atoms with Crippen molar-refractivity contribution in [3.63, 3.8) is 0 Å². The van der Waals surface area contributed by atoms with Crippen LogP contribution in [-0.4, -0.2) is 63.3 Å². The van der Waals surface area contributed by atoms with Gasteiger partial charge in [-0.1, -0.05) is 5.92 Å². The maximum Gasteiger partial charge on any atom is 0.192 e. The van der Waals surface area contributed by atoms with Crippen molar-refractivity contribution in [2.75, 3.05) is 52.5 Å². The fourth-order valence-corrected chi connectivity index (χ4v) is 1.94. The predicted octanol–water partition coefficient (Wildman–Crippen LogP) is 0.905. The monoisotopic (exact) mass is 394 g/mol. The molecule has 116 valence electrons. The van der Waals surface area contributed by atoms with Crippen molar-refractivity contribution < 1.29 is 4.74 Å². The summed E-state index contributed by atoms with van der Waals surface area (Å²) >= 11 is 0. The van der Waals surface area contributed by atoms with Crippen molar-refractivity contribution >= 4 is 29.9 Å². The molecule has 2 N–H and O–H groups in total. The van der Waals surface area contributed by atoms with Crippen LogP contribution in [0.25, 0.3) is 0 Å². The molecule has 0 atom stereocenters. The van der Waals surface area contributed by atoms with E-state index < -0.39 is 0 Å². The van der Waals surface area contributed by atoms with Crippen LogP contribution in [-0.2, 0) is 4.74 Å². The largest absolute Gasteiger partial charge is 0.379 e. The minimum Gasteiger partial charge on any atom is -0.379 e. The van der Waals surface area contributed by atoms with Crippen LogP contribution in [0.4, 0.5) is 0 Å². The Morgan fingerprint density at radius 1 is 1.30 bits per heavy atom. The Bertz CT molecular complexity index is 298. The van der Waals surface area contributed by atoms with Crippen LogP contribution >= 0.6 is 24.0 Å². The third-order valence-electron chi connectivity index (χ3n) is 2.96. The predicted molar refractivity (Wildman–Crippen MR) is 94.7 cm³/mol. The normalized spacial score (nSPS) is 16.1. The SMILES string of the molecule is C#CCNC(=NCCCCN1CCOCC1)NCC.I. The zero-order valence-electron chi connectivity index (χ0n) is 12.4. The van der Waals surface area contributed by atoms with Crippen LogP contribution in [0.15, 0.2) is 4.99 Å².